The number of anilines is 1. The lowest BCUT2D eigenvalue weighted by molar-refractivity contribution is -0.132. The third-order valence-corrected chi connectivity index (χ3v) is 5.73. The number of halogens is 1. The van der Waals surface area contributed by atoms with E-state index in [1.165, 1.54) is 4.90 Å². The van der Waals surface area contributed by atoms with Crippen LogP contribution in [0, 0.1) is 0 Å². The van der Waals surface area contributed by atoms with Crippen LogP contribution in [0.15, 0.2) is 78.4 Å². The maximum absolute atomic E-state index is 13.2. The van der Waals surface area contributed by atoms with Crippen molar-refractivity contribution in [2.45, 2.75) is 13.0 Å². The minimum atomic E-state index is -0.829. The Kier molecular flexibility index (Phi) is 6.38. The molecule has 3 aromatic rings. The van der Waals surface area contributed by atoms with E-state index in [9.17, 15) is 14.7 Å². The quantitative estimate of drug-likeness (QED) is 0.302. The van der Waals surface area contributed by atoms with Gasteiger partial charge in [-0.25, -0.2) is 0 Å². The minimum absolute atomic E-state index is 0.0150. The number of para-hydroxylation sites is 1. The Balaban J connectivity index is 1.91. The second-order valence-corrected chi connectivity index (χ2v) is 7.76. The standard InChI is InChI=1S/C26H22ClNO5/c1-3-33-21-15-17(11-14-20(21)27)24(29)22-23(16-9-12-19(32-2)13-10-16)28(26(31)25(22)30)18-7-5-4-6-8-18/h4-15,23,29H,3H2,1-2H3/b24-22-. The highest BCUT2D eigenvalue weighted by Crippen LogP contribution is 2.43. The number of aliphatic hydroxyl groups is 1. The van der Waals surface area contributed by atoms with Crippen LogP contribution in [-0.4, -0.2) is 30.5 Å². The molecule has 1 unspecified atom stereocenters. The van der Waals surface area contributed by atoms with Gasteiger partial charge in [-0.05, 0) is 55.0 Å². The van der Waals surface area contributed by atoms with Gasteiger partial charge < -0.3 is 14.6 Å². The molecule has 1 atom stereocenters. The molecule has 0 saturated carbocycles. The van der Waals surface area contributed by atoms with E-state index in [4.69, 9.17) is 21.1 Å². The number of ether oxygens (including phenoxy) is 2. The third kappa shape index (κ3) is 4.17. The molecular weight excluding hydrogens is 442 g/mol. The summed E-state index contributed by atoms with van der Waals surface area (Å²) >= 11 is 6.18. The molecule has 4 rings (SSSR count). The summed E-state index contributed by atoms with van der Waals surface area (Å²) in [6, 6.07) is 19.8. The summed E-state index contributed by atoms with van der Waals surface area (Å²) in [6.07, 6.45) is 0. The van der Waals surface area contributed by atoms with Crippen LogP contribution in [-0.2, 0) is 9.59 Å². The fourth-order valence-electron chi connectivity index (χ4n) is 3.86. The molecular formula is C26H22ClNO5. The molecule has 7 heteroatoms. The predicted octanol–water partition coefficient (Wildman–Crippen LogP) is 5.37. The van der Waals surface area contributed by atoms with Crippen molar-refractivity contribution in [3.63, 3.8) is 0 Å². The molecule has 3 aromatic carbocycles. The Morgan fingerprint density at radius 3 is 2.36 bits per heavy atom. The number of hydrogen-bond acceptors (Lipinski definition) is 5. The van der Waals surface area contributed by atoms with Gasteiger partial charge in [-0.1, -0.05) is 41.9 Å². The minimum Gasteiger partial charge on any atom is -0.507 e. The number of amides is 1. The van der Waals surface area contributed by atoms with Gasteiger partial charge >= 0.3 is 0 Å². The first-order valence-electron chi connectivity index (χ1n) is 10.4. The molecule has 0 radical (unpaired) electrons. The van der Waals surface area contributed by atoms with Crippen LogP contribution in [0.4, 0.5) is 5.69 Å². The number of carbonyl (C=O) groups excluding carboxylic acids is 2. The number of ketones is 1. The van der Waals surface area contributed by atoms with Crippen molar-refractivity contribution in [1.29, 1.82) is 0 Å². The van der Waals surface area contributed by atoms with Gasteiger partial charge in [0.15, 0.2) is 0 Å². The zero-order valence-corrected chi connectivity index (χ0v) is 18.9. The number of Topliss-reactive ketones (excluding diaryl/α,β-unsaturated/α-hetero) is 1. The third-order valence-electron chi connectivity index (χ3n) is 5.41. The molecule has 1 amide bonds. The molecule has 1 fully saturated rings. The summed E-state index contributed by atoms with van der Waals surface area (Å²) in [5, 5.41) is 11.6. The molecule has 6 nitrogen and oxygen atoms in total. The average Bonchev–Trinajstić information content (AvgIpc) is 3.11. The zero-order chi connectivity index (χ0) is 23.5. The average molecular weight is 464 g/mol. The molecule has 0 aliphatic carbocycles. The highest BCUT2D eigenvalue weighted by Gasteiger charge is 2.47. The number of methoxy groups -OCH3 is 1. The van der Waals surface area contributed by atoms with E-state index < -0.39 is 17.7 Å². The van der Waals surface area contributed by atoms with E-state index in [2.05, 4.69) is 0 Å². The Labute approximate surface area is 196 Å². The number of rotatable bonds is 6. The van der Waals surface area contributed by atoms with E-state index in [-0.39, 0.29) is 11.3 Å². The number of aliphatic hydroxyl groups excluding tert-OH is 1. The first-order valence-corrected chi connectivity index (χ1v) is 10.8. The van der Waals surface area contributed by atoms with Gasteiger partial charge in [-0.2, -0.15) is 0 Å². The van der Waals surface area contributed by atoms with Gasteiger partial charge in [0.05, 0.1) is 30.4 Å². The SMILES string of the molecule is CCOc1cc(/C(O)=C2/C(=O)C(=O)N(c3ccccc3)C2c2ccc(OC)cc2)ccc1Cl. The molecule has 1 aliphatic heterocycles. The van der Waals surface area contributed by atoms with E-state index in [0.29, 0.717) is 39.9 Å². The van der Waals surface area contributed by atoms with Crippen LogP contribution in [0.5, 0.6) is 11.5 Å². The first-order chi connectivity index (χ1) is 16.0. The second-order valence-electron chi connectivity index (χ2n) is 7.36. The van der Waals surface area contributed by atoms with Gasteiger partial charge in [-0.15, -0.1) is 0 Å². The predicted molar refractivity (Wildman–Crippen MR) is 127 cm³/mol. The van der Waals surface area contributed by atoms with Crippen LogP contribution >= 0.6 is 11.6 Å². The molecule has 1 saturated heterocycles. The second kappa shape index (κ2) is 9.38. The van der Waals surface area contributed by atoms with Gasteiger partial charge in [0.2, 0.25) is 0 Å². The Hall–Kier alpha value is -3.77. The maximum atomic E-state index is 13.2. The summed E-state index contributed by atoms with van der Waals surface area (Å²) < 4.78 is 10.8. The van der Waals surface area contributed by atoms with Crippen LogP contribution in [0.1, 0.15) is 24.1 Å². The molecule has 33 heavy (non-hydrogen) atoms. The van der Waals surface area contributed by atoms with E-state index in [0.717, 1.165) is 0 Å². The lowest BCUT2D eigenvalue weighted by Gasteiger charge is -2.25. The van der Waals surface area contributed by atoms with Crippen LogP contribution < -0.4 is 14.4 Å². The van der Waals surface area contributed by atoms with Crippen molar-refractivity contribution < 1.29 is 24.2 Å². The van der Waals surface area contributed by atoms with Gasteiger partial charge in [-0.3, -0.25) is 14.5 Å². The lowest BCUT2D eigenvalue weighted by atomic mass is 9.95. The lowest BCUT2D eigenvalue weighted by Crippen LogP contribution is -2.29. The molecule has 1 heterocycles. The van der Waals surface area contributed by atoms with Crippen molar-refractivity contribution >= 4 is 34.7 Å². The Bertz CT molecular complexity index is 1220. The normalized spacial score (nSPS) is 17.3. The molecule has 1 N–H and O–H groups in total. The molecule has 0 spiro atoms. The van der Waals surface area contributed by atoms with Crippen molar-refractivity contribution in [3.8, 4) is 11.5 Å². The van der Waals surface area contributed by atoms with Crippen LogP contribution in [0.2, 0.25) is 5.02 Å². The topological polar surface area (TPSA) is 76.1 Å². The molecule has 0 aromatic heterocycles. The summed E-state index contributed by atoms with van der Waals surface area (Å²) in [4.78, 5) is 27.7. The summed E-state index contributed by atoms with van der Waals surface area (Å²) in [5.74, 6) is -0.783. The highest BCUT2D eigenvalue weighted by atomic mass is 35.5. The maximum Gasteiger partial charge on any atom is 0.300 e. The highest BCUT2D eigenvalue weighted by molar-refractivity contribution is 6.51. The van der Waals surface area contributed by atoms with Crippen LogP contribution in [0.3, 0.4) is 0 Å². The monoisotopic (exact) mass is 463 g/mol. The summed E-state index contributed by atoms with van der Waals surface area (Å²) in [7, 11) is 1.56. The largest absolute Gasteiger partial charge is 0.507 e. The van der Waals surface area contributed by atoms with E-state index in [1.54, 1.807) is 73.8 Å². The fraction of sp³-hybridized carbons (Fsp3) is 0.154. The van der Waals surface area contributed by atoms with Crippen molar-refractivity contribution in [1.82, 2.24) is 0 Å². The van der Waals surface area contributed by atoms with Gasteiger partial charge in [0.25, 0.3) is 11.7 Å². The van der Waals surface area contributed by atoms with E-state index >= 15 is 0 Å². The molecule has 168 valence electrons. The first kappa shape index (κ1) is 22.4. The molecule has 0 bridgehead atoms. The van der Waals surface area contributed by atoms with Gasteiger partial charge in [0.1, 0.15) is 17.3 Å². The van der Waals surface area contributed by atoms with Crippen molar-refractivity contribution in [2.24, 2.45) is 0 Å². The van der Waals surface area contributed by atoms with E-state index in [1.807, 2.05) is 13.0 Å². The number of hydrogen-bond donors (Lipinski definition) is 1. The Morgan fingerprint density at radius 2 is 1.73 bits per heavy atom. The number of benzene rings is 3. The van der Waals surface area contributed by atoms with Gasteiger partial charge in [0, 0.05) is 11.3 Å². The van der Waals surface area contributed by atoms with Crippen LogP contribution in [0.25, 0.3) is 5.76 Å². The summed E-state index contributed by atoms with van der Waals surface area (Å²) in [5.41, 5.74) is 1.51. The Morgan fingerprint density at radius 1 is 1.03 bits per heavy atom. The zero-order valence-electron chi connectivity index (χ0n) is 18.1. The smallest absolute Gasteiger partial charge is 0.300 e. The molecule has 1 aliphatic rings. The number of carbonyl (C=O) groups is 2. The summed E-state index contributed by atoms with van der Waals surface area (Å²) in [6.45, 7) is 2.20. The fourth-order valence-corrected chi connectivity index (χ4v) is 4.03. The number of nitrogens with zero attached hydrogens (tertiary/aromatic N) is 1. The van der Waals surface area contributed by atoms with Crippen molar-refractivity contribution in [2.75, 3.05) is 18.6 Å². The van der Waals surface area contributed by atoms with Crippen molar-refractivity contribution in [3.05, 3.63) is 94.5 Å².